The number of rotatable bonds is 3. The lowest BCUT2D eigenvalue weighted by atomic mass is 9.97. The van der Waals surface area contributed by atoms with Gasteiger partial charge in [-0.1, -0.05) is 0 Å². The summed E-state index contributed by atoms with van der Waals surface area (Å²) in [4.78, 5) is 49.0. The summed E-state index contributed by atoms with van der Waals surface area (Å²) in [7, 11) is 0. The third-order valence-electron chi connectivity index (χ3n) is 3.09. The van der Waals surface area contributed by atoms with Crippen LogP contribution in [-0.4, -0.2) is 53.8 Å². The van der Waals surface area contributed by atoms with Crippen LogP contribution in [-0.2, 0) is 23.9 Å². The molecule has 1 aliphatic heterocycles. The topological polar surface area (TPSA) is 90.0 Å². The third kappa shape index (κ3) is 5.13. The Balaban J connectivity index is 2.84. The number of likely N-dealkylation sites (tertiary alicyclic amines) is 1. The lowest BCUT2D eigenvalue weighted by Crippen LogP contribution is -2.43. The number of hydrogen-bond donors (Lipinski definition) is 0. The minimum atomic E-state index is -1.17. The molecule has 1 amide bonds. The largest absolute Gasteiger partial charge is 0.460 e. The van der Waals surface area contributed by atoms with Crippen molar-refractivity contribution >= 4 is 23.6 Å². The molecule has 7 nitrogen and oxygen atoms in total. The SMILES string of the molecule is CCOC(=O)C(=O)C1CN(C(=O)OC(C)(C)C)CCCC1=O. The van der Waals surface area contributed by atoms with Crippen LogP contribution in [0.5, 0.6) is 0 Å². The summed E-state index contributed by atoms with van der Waals surface area (Å²) in [6, 6.07) is 0. The van der Waals surface area contributed by atoms with Crippen molar-refractivity contribution in [2.24, 2.45) is 5.92 Å². The van der Waals surface area contributed by atoms with Gasteiger partial charge in [0.15, 0.2) is 0 Å². The molecule has 1 atom stereocenters. The Morgan fingerprint density at radius 2 is 1.91 bits per heavy atom. The predicted molar refractivity (Wildman–Crippen MR) is 77.2 cm³/mol. The Kier molecular flexibility index (Phi) is 6.08. The second-order valence-electron chi connectivity index (χ2n) is 6.13. The normalized spacial score (nSPS) is 19.4. The van der Waals surface area contributed by atoms with Crippen molar-refractivity contribution in [1.82, 2.24) is 4.90 Å². The van der Waals surface area contributed by atoms with Crippen molar-refractivity contribution in [3.8, 4) is 0 Å². The molecule has 1 heterocycles. The van der Waals surface area contributed by atoms with Crippen LogP contribution in [0, 0.1) is 5.92 Å². The van der Waals surface area contributed by atoms with Crippen LogP contribution in [0.3, 0.4) is 0 Å². The zero-order valence-electron chi connectivity index (χ0n) is 13.5. The fourth-order valence-electron chi connectivity index (χ4n) is 2.10. The lowest BCUT2D eigenvalue weighted by molar-refractivity contribution is -0.157. The molecule has 7 heteroatoms. The van der Waals surface area contributed by atoms with Crippen molar-refractivity contribution in [3.63, 3.8) is 0 Å². The van der Waals surface area contributed by atoms with Gasteiger partial charge in [0.05, 0.1) is 6.61 Å². The van der Waals surface area contributed by atoms with Gasteiger partial charge in [0.2, 0.25) is 0 Å². The van der Waals surface area contributed by atoms with Gasteiger partial charge in [0.25, 0.3) is 5.78 Å². The molecule has 0 spiro atoms. The molecule has 0 radical (unpaired) electrons. The molecule has 124 valence electrons. The Hall–Kier alpha value is -1.92. The van der Waals surface area contributed by atoms with Crippen LogP contribution in [0.2, 0.25) is 0 Å². The van der Waals surface area contributed by atoms with Gasteiger partial charge in [0.1, 0.15) is 17.3 Å². The van der Waals surface area contributed by atoms with E-state index in [1.807, 2.05) is 0 Å². The zero-order chi connectivity index (χ0) is 16.9. The highest BCUT2D eigenvalue weighted by atomic mass is 16.6. The molecular formula is C15H23NO6. The molecule has 0 aromatic rings. The van der Waals surface area contributed by atoms with Crippen molar-refractivity contribution in [2.45, 2.75) is 46.1 Å². The van der Waals surface area contributed by atoms with Crippen molar-refractivity contribution < 1.29 is 28.7 Å². The molecule has 22 heavy (non-hydrogen) atoms. The number of hydrogen-bond acceptors (Lipinski definition) is 6. The molecule has 0 bridgehead atoms. The number of esters is 1. The predicted octanol–water partition coefficient (Wildman–Crippen LogP) is 1.33. The molecule has 1 fully saturated rings. The van der Waals surface area contributed by atoms with Crippen molar-refractivity contribution in [1.29, 1.82) is 0 Å². The first kappa shape index (κ1) is 18.1. The molecule has 0 saturated carbocycles. The smallest absolute Gasteiger partial charge is 0.410 e. The van der Waals surface area contributed by atoms with Crippen molar-refractivity contribution in [3.05, 3.63) is 0 Å². The number of ether oxygens (including phenoxy) is 2. The van der Waals surface area contributed by atoms with Crippen LogP contribution in [0.25, 0.3) is 0 Å². The average Bonchev–Trinajstić information content (AvgIpc) is 2.58. The van der Waals surface area contributed by atoms with Crippen LogP contribution >= 0.6 is 0 Å². The fraction of sp³-hybridized carbons (Fsp3) is 0.733. The Bertz CT molecular complexity index is 465. The average molecular weight is 313 g/mol. The van der Waals surface area contributed by atoms with Gasteiger partial charge in [-0.2, -0.15) is 0 Å². The lowest BCUT2D eigenvalue weighted by Gasteiger charge is -2.27. The van der Waals surface area contributed by atoms with Gasteiger partial charge in [-0.05, 0) is 34.1 Å². The Morgan fingerprint density at radius 3 is 2.45 bits per heavy atom. The maximum absolute atomic E-state index is 12.1. The summed E-state index contributed by atoms with van der Waals surface area (Å²) in [5.41, 5.74) is -0.673. The van der Waals surface area contributed by atoms with Crippen molar-refractivity contribution in [2.75, 3.05) is 19.7 Å². The highest BCUT2D eigenvalue weighted by molar-refractivity contribution is 6.38. The standard InChI is InChI=1S/C15H23NO6/c1-5-21-13(19)12(18)10-9-16(8-6-7-11(10)17)14(20)22-15(2,3)4/h10H,5-9H2,1-4H3. The highest BCUT2D eigenvalue weighted by Gasteiger charge is 2.37. The van der Waals surface area contributed by atoms with Crippen LogP contribution in [0.4, 0.5) is 4.79 Å². The van der Waals surface area contributed by atoms with E-state index in [0.29, 0.717) is 13.0 Å². The third-order valence-corrected chi connectivity index (χ3v) is 3.09. The Labute approximate surface area is 129 Å². The minimum absolute atomic E-state index is 0.0568. The first-order chi connectivity index (χ1) is 10.2. The Morgan fingerprint density at radius 1 is 1.27 bits per heavy atom. The molecule has 0 N–H and O–H groups in total. The number of amides is 1. The summed E-state index contributed by atoms with van der Waals surface area (Å²) in [5.74, 6) is -3.45. The second kappa shape index (κ2) is 7.38. The fourth-order valence-corrected chi connectivity index (χ4v) is 2.10. The van der Waals surface area contributed by atoms with E-state index in [-0.39, 0.29) is 25.4 Å². The molecule has 1 aliphatic rings. The zero-order valence-corrected chi connectivity index (χ0v) is 13.5. The number of Topliss-reactive ketones (excluding diaryl/α,β-unsaturated/α-hetero) is 2. The molecule has 1 unspecified atom stereocenters. The number of ketones is 2. The van der Waals surface area contributed by atoms with Crippen LogP contribution in [0.15, 0.2) is 0 Å². The maximum atomic E-state index is 12.1. The number of nitrogens with zero attached hydrogens (tertiary/aromatic N) is 1. The van der Waals surface area contributed by atoms with Gasteiger partial charge in [-0.3, -0.25) is 9.59 Å². The first-order valence-corrected chi connectivity index (χ1v) is 7.37. The second-order valence-corrected chi connectivity index (χ2v) is 6.13. The van der Waals surface area contributed by atoms with E-state index in [0.717, 1.165) is 0 Å². The molecule has 1 rings (SSSR count). The van der Waals surface area contributed by atoms with Crippen LogP contribution < -0.4 is 0 Å². The summed E-state index contributed by atoms with van der Waals surface area (Å²) >= 11 is 0. The molecular weight excluding hydrogens is 290 g/mol. The van der Waals surface area contributed by atoms with E-state index >= 15 is 0 Å². The van der Waals surface area contributed by atoms with E-state index in [1.165, 1.54) is 4.90 Å². The maximum Gasteiger partial charge on any atom is 0.410 e. The molecule has 0 aliphatic carbocycles. The minimum Gasteiger partial charge on any atom is -0.460 e. The van der Waals surface area contributed by atoms with E-state index < -0.39 is 29.4 Å². The highest BCUT2D eigenvalue weighted by Crippen LogP contribution is 2.18. The molecule has 0 aromatic heterocycles. The van der Waals surface area contributed by atoms with Gasteiger partial charge >= 0.3 is 12.1 Å². The summed E-state index contributed by atoms with van der Waals surface area (Å²) in [6.45, 7) is 6.99. The van der Waals surface area contributed by atoms with Gasteiger partial charge in [-0.25, -0.2) is 9.59 Å². The van der Waals surface area contributed by atoms with E-state index in [9.17, 15) is 19.2 Å². The van der Waals surface area contributed by atoms with E-state index in [1.54, 1.807) is 27.7 Å². The number of carbonyl (C=O) groups excluding carboxylic acids is 4. The van der Waals surface area contributed by atoms with Gasteiger partial charge in [-0.15, -0.1) is 0 Å². The summed E-state index contributed by atoms with van der Waals surface area (Å²) in [5, 5.41) is 0. The monoisotopic (exact) mass is 313 g/mol. The summed E-state index contributed by atoms with van der Waals surface area (Å²) in [6.07, 6.45) is -0.0105. The first-order valence-electron chi connectivity index (χ1n) is 7.37. The van der Waals surface area contributed by atoms with Gasteiger partial charge < -0.3 is 14.4 Å². The molecule has 1 saturated heterocycles. The van der Waals surface area contributed by atoms with Gasteiger partial charge in [0, 0.05) is 19.5 Å². The quantitative estimate of drug-likeness (QED) is 0.443. The van der Waals surface area contributed by atoms with E-state index in [2.05, 4.69) is 4.74 Å². The van der Waals surface area contributed by atoms with Crippen LogP contribution in [0.1, 0.15) is 40.5 Å². The molecule has 0 aromatic carbocycles. The van der Waals surface area contributed by atoms with E-state index in [4.69, 9.17) is 4.74 Å². The summed E-state index contributed by atoms with van der Waals surface area (Å²) < 4.78 is 9.90. The number of carbonyl (C=O) groups is 4.